The van der Waals surface area contributed by atoms with Crippen molar-refractivity contribution in [3.05, 3.63) is 47.5 Å². The number of aromatic hydroxyl groups is 2. The number of phenols is 2. The summed E-state index contributed by atoms with van der Waals surface area (Å²) in [6.07, 6.45) is -0.319. The molecule has 0 aliphatic carbocycles. The molecule has 20 heavy (non-hydrogen) atoms. The lowest BCUT2D eigenvalue weighted by Crippen LogP contribution is -2.02. The molecule has 2 aromatic rings. The summed E-state index contributed by atoms with van der Waals surface area (Å²) in [5, 5.41) is 37.5. The van der Waals surface area contributed by atoms with E-state index in [0.29, 0.717) is 22.3 Å². The summed E-state index contributed by atoms with van der Waals surface area (Å²) in [5.41, 5.74) is 1.90. The van der Waals surface area contributed by atoms with Crippen molar-refractivity contribution in [3.8, 4) is 22.6 Å². The SMILES string of the molecule is O=C(O)Cc1cc(O)cc(O)c1-c1cccc(CO)c1. The van der Waals surface area contributed by atoms with Gasteiger partial charge in [0.15, 0.2) is 0 Å². The zero-order chi connectivity index (χ0) is 14.7. The first-order valence-electron chi connectivity index (χ1n) is 5.98. The molecule has 0 fully saturated rings. The Balaban J connectivity index is 2.61. The molecule has 2 aromatic carbocycles. The molecule has 0 saturated carbocycles. The normalized spacial score (nSPS) is 10.4. The van der Waals surface area contributed by atoms with E-state index < -0.39 is 5.97 Å². The number of phenolic OH excluding ortho intramolecular Hbond substituents is 2. The number of carbonyl (C=O) groups is 1. The quantitative estimate of drug-likeness (QED) is 0.682. The highest BCUT2D eigenvalue weighted by molar-refractivity contribution is 5.80. The number of hydrogen-bond donors (Lipinski definition) is 4. The molecule has 5 heteroatoms. The summed E-state index contributed by atoms with van der Waals surface area (Å²) in [7, 11) is 0. The maximum atomic E-state index is 10.9. The maximum absolute atomic E-state index is 10.9. The summed E-state index contributed by atoms with van der Waals surface area (Å²) < 4.78 is 0. The van der Waals surface area contributed by atoms with Crippen LogP contribution in [0, 0.1) is 0 Å². The number of benzene rings is 2. The molecular formula is C15H14O5. The van der Waals surface area contributed by atoms with Gasteiger partial charge in [-0.25, -0.2) is 0 Å². The molecule has 0 spiro atoms. The van der Waals surface area contributed by atoms with Crippen molar-refractivity contribution in [3.63, 3.8) is 0 Å². The molecule has 104 valence electrons. The molecule has 0 radical (unpaired) electrons. The Morgan fingerprint density at radius 1 is 1.10 bits per heavy atom. The molecule has 0 aromatic heterocycles. The van der Waals surface area contributed by atoms with E-state index in [1.54, 1.807) is 24.3 Å². The van der Waals surface area contributed by atoms with Gasteiger partial charge >= 0.3 is 5.97 Å². The first-order valence-corrected chi connectivity index (χ1v) is 5.98. The number of aliphatic hydroxyl groups excluding tert-OH is 1. The maximum Gasteiger partial charge on any atom is 0.307 e. The van der Waals surface area contributed by atoms with Crippen LogP contribution in [-0.4, -0.2) is 26.4 Å². The minimum Gasteiger partial charge on any atom is -0.508 e. The minimum absolute atomic E-state index is 0.152. The molecule has 0 aliphatic heterocycles. The van der Waals surface area contributed by atoms with Crippen LogP contribution in [0.15, 0.2) is 36.4 Å². The highest BCUT2D eigenvalue weighted by Crippen LogP contribution is 2.36. The third kappa shape index (κ3) is 2.89. The van der Waals surface area contributed by atoms with Crippen LogP contribution < -0.4 is 0 Å². The topological polar surface area (TPSA) is 98.0 Å². The summed E-state index contributed by atoms with van der Waals surface area (Å²) in [6.45, 7) is -0.152. The monoisotopic (exact) mass is 274 g/mol. The lowest BCUT2D eigenvalue weighted by Gasteiger charge is -2.12. The van der Waals surface area contributed by atoms with Crippen LogP contribution in [0.2, 0.25) is 0 Å². The smallest absolute Gasteiger partial charge is 0.307 e. The standard InChI is InChI=1S/C15H14O5/c16-8-9-2-1-3-10(4-9)15-11(6-14(19)20)5-12(17)7-13(15)18/h1-5,7,16-18H,6,8H2,(H,19,20). The van der Waals surface area contributed by atoms with E-state index in [1.807, 2.05) is 0 Å². The molecule has 5 nitrogen and oxygen atoms in total. The number of aliphatic carboxylic acids is 1. The predicted octanol–water partition coefficient (Wildman–Crippen LogP) is 1.88. The Hall–Kier alpha value is -2.53. The van der Waals surface area contributed by atoms with E-state index in [1.165, 1.54) is 6.07 Å². The number of carboxylic acid groups (broad SMARTS) is 1. The Morgan fingerprint density at radius 2 is 1.85 bits per heavy atom. The zero-order valence-corrected chi connectivity index (χ0v) is 10.6. The van der Waals surface area contributed by atoms with Crippen LogP contribution in [0.3, 0.4) is 0 Å². The third-order valence-electron chi connectivity index (χ3n) is 2.92. The van der Waals surface area contributed by atoms with E-state index >= 15 is 0 Å². The van der Waals surface area contributed by atoms with Gasteiger partial charge in [-0.1, -0.05) is 18.2 Å². The molecule has 4 N–H and O–H groups in total. The van der Waals surface area contributed by atoms with Gasteiger partial charge < -0.3 is 20.4 Å². The number of rotatable bonds is 4. The fraction of sp³-hybridized carbons (Fsp3) is 0.133. The van der Waals surface area contributed by atoms with Crippen molar-refractivity contribution >= 4 is 5.97 Å². The lowest BCUT2D eigenvalue weighted by molar-refractivity contribution is -0.136. The van der Waals surface area contributed by atoms with Gasteiger partial charge in [-0.15, -0.1) is 0 Å². The Bertz CT molecular complexity index is 649. The highest BCUT2D eigenvalue weighted by Gasteiger charge is 2.15. The van der Waals surface area contributed by atoms with Gasteiger partial charge in [-0.2, -0.15) is 0 Å². The van der Waals surface area contributed by atoms with Crippen molar-refractivity contribution in [2.45, 2.75) is 13.0 Å². The Kier molecular flexibility index (Phi) is 3.91. The Labute approximate surface area is 115 Å². The largest absolute Gasteiger partial charge is 0.508 e. The van der Waals surface area contributed by atoms with Gasteiger partial charge in [0.2, 0.25) is 0 Å². The second kappa shape index (κ2) is 5.63. The van der Waals surface area contributed by atoms with E-state index in [2.05, 4.69) is 0 Å². The van der Waals surface area contributed by atoms with Crippen LogP contribution in [-0.2, 0) is 17.8 Å². The van der Waals surface area contributed by atoms with Crippen molar-refractivity contribution < 1.29 is 25.2 Å². The van der Waals surface area contributed by atoms with Crippen molar-refractivity contribution in [2.24, 2.45) is 0 Å². The van der Waals surface area contributed by atoms with Gasteiger partial charge in [0, 0.05) is 11.6 Å². The summed E-state index contributed by atoms with van der Waals surface area (Å²) in [4.78, 5) is 10.9. The summed E-state index contributed by atoms with van der Waals surface area (Å²) in [5.74, 6) is -1.45. The van der Waals surface area contributed by atoms with Gasteiger partial charge in [-0.05, 0) is 28.8 Å². The molecule has 0 amide bonds. The molecule has 0 aliphatic rings. The van der Waals surface area contributed by atoms with Crippen molar-refractivity contribution in [1.82, 2.24) is 0 Å². The van der Waals surface area contributed by atoms with E-state index in [4.69, 9.17) is 10.2 Å². The third-order valence-corrected chi connectivity index (χ3v) is 2.92. The lowest BCUT2D eigenvalue weighted by atomic mass is 9.95. The van der Waals surface area contributed by atoms with Crippen LogP contribution in [0.5, 0.6) is 11.5 Å². The van der Waals surface area contributed by atoms with Crippen LogP contribution in [0.1, 0.15) is 11.1 Å². The fourth-order valence-electron chi connectivity index (χ4n) is 2.13. The highest BCUT2D eigenvalue weighted by atomic mass is 16.4. The average Bonchev–Trinajstić information content (AvgIpc) is 2.37. The van der Waals surface area contributed by atoms with Gasteiger partial charge in [0.25, 0.3) is 0 Å². The van der Waals surface area contributed by atoms with Crippen molar-refractivity contribution in [2.75, 3.05) is 0 Å². The van der Waals surface area contributed by atoms with Crippen molar-refractivity contribution in [1.29, 1.82) is 0 Å². The molecule has 0 unspecified atom stereocenters. The second-order valence-corrected chi connectivity index (χ2v) is 4.43. The molecule has 0 heterocycles. The molecule has 2 rings (SSSR count). The van der Waals surface area contributed by atoms with Crippen LogP contribution in [0.25, 0.3) is 11.1 Å². The van der Waals surface area contributed by atoms with E-state index in [9.17, 15) is 15.0 Å². The van der Waals surface area contributed by atoms with E-state index in [-0.39, 0.29) is 24.5 Å². The molecule has 0 saturated heterocycles. The first kappa shape index (κ1) is 13.9. The van der Waals surface area contributed by atoms with Gasteiger partial charge in [-0.3, -0.25) is 4.79 Å². The number of carboxylic acids is 1. The number of aliphatic hydroxyl groups is 1. The summed E-state index contributed by atoms with van der Waals surface area (Å²) >= 11 is 0. The van der Waals surface area contributed by atoms with Crippen LogP contribution >= 0.6 is 0 Å². The fourth-order valence-corrected chi connectivity index (χ4v) is 2.13. The average molecular weight is 274 g/mol. The van der Waals surface area contributed by atoms with E-state index in [0.717, 1.165) is 6.07 Å². The molecule has 0 bridgehead atoms. The second-order valence-electron chi connectivity index (χ2n) is 4.43. The van der Waals surface area contributed by atoms with Gasteiger partial charge in [0.1, 0.15) is 11.5 Å². The zero-order valence-electron chi connectivity index (χ0n) is 10.6. The number of hydrogen-bond acceptors (Lipinski definition) is 4. The van der Waals surface area contributed by atoms with Gasteiger partial charge in [0.05, 0.1) is 13.0 Å². The Morgan fingerprint density at radius 3 is 2.50 bits per heavy atom. The molecular weight excluding hydrogens is 260 g/mol. The van der Waals surface area contributed by atoms with Crippen LogP contribution in [0.4, 0.5) is 0 Å². The minimum atomic E-state index is -1.06. The first-order chi connectivity index (χ1) is 9.51. The summed E-state index contributed by atoms with van der Waals surface area (Å²) in [6, 6.07) is 9.27. The molecule has 0 atom stereocenters. The predicted molar refractivity (Wildman–Crippen MR) is 72.5 cm³/mol.